The van der Waals surface area contributed by atoms with Crippen LogP contribution in [0.15, 0.2) is 24.3 Å². The zero-order chi connectivity index (χ0) is 13.9. The molecular formula is C16H26FNO. The van der Waals surface area contributed by atoms with Gasteiger partial charge in [-0.2, -0.15) is 0 Å². The molecule has 0 bridgehead atoms. The SMILES string of the molecule is CCCNC(CCCOCC)Cc1cccc(F)c1. The van der Waals surface area contributed by atoms with Crippen LogP contribution in [0.4, 0.5) is 4.39 Å². The van der Waals surface area contributed by atoms with Crippen molar-refractivity contribution >= 4 is 0 Å². The highest BCUT2D eigenvalue weighted by Gasteiger charge is 2.09. The van der Waals surface area contributed by atoms with Crippen molar-refractivity contribution in [1.82, 2.24) is 5.32 Å². The van der Waals surface area contributed by atoms with E-state index in [0.29, 0.717) is 6.04 Å². The number of hydrogen-bond acceptors (Lipinski definition) is 2. The molecule has 19 heavy (non-hydrogen) atoms. The van der Waals surface area contributed by atoms with Gasteiger partial charge in [-0.05, 0) is 56.8 Å². The Morgan fingerprint density at radius 2 is 2.16 bits per heavy atom. The average Bonchev–Trinajstić information content (AvgIpc) is 2.40. The Kier molecular flexibility index (Phi) is 8.43. The van der Waals surface area contributed by atoms with E-state index in [0.717, 1.165) is 51.0 Å². The highest BCUT2D eigenvalue weighted by atomic mass is 19.1. The van der Waals surface area contributed by atoms with E-state index in [2.05, 4.69) is 12.2 Å². The molecule has 108 valence electrons. The number of rotatable bonds is 10. The monoisotopic (exact) mass is 267 g/mol. The second-order valence-electron chi connectivity index (χ2n) is 4.82. The first-order valence-corrected chi connectivity index (χ1v) is 7.31. The maximum Gasteiger partial charge on any atom is 0.123 e. The van der Waals surface area contributed by atoms with Gasteiger partial charge in [0.25, 0.3) is 0 Å². The summed E-state index contributed by atoms with van der Waals surface area (Å²) in [6.45, 7) is 6.77. The number of halogens is 1. The second kappa shape index (κ2) is 9.93. The van der Waals surface area contributed by atoms with E-state index >= 15 is 0 Å². The van der Waals surface area contributed by atoms with Crippen molar-refractivity contribution in [2.45, 2.75) is 45.6 Å². The summed E-state index contributed by atoms with van der Waals surface area (Å²) in [5.41, 5.74) is 1.06. The Hall–Kier alpha value is -0.930. The molecule has 0 spiro atoms. The first-order valence-electron chi connectivity index (χ1n) is 7.31. The molecular weight excluding hydrogens is 241 g/mol. The van der Waals surface area contributed by atoms with Crippen molar-refractivity contribution in [2.75, 3.05) is 19.8 Å². The van der Waals surface area contributed by atoms with Crippen molar-refractivity contribution in [2.24, 2.45) is 0 Å². The molecule has 1 atom stereocenters. The maximum atomic E-state index is 13.2. The third kappa shape index (κ3) is 7.28. The minimum atomic E-state index is -0.152. The Bertz CT molecular complexity index is 343. The molecule has 0 aliphatic carbocycles. The topological polar surface area (TPSA) is 21.3 Å². The Morgan fingerprint density at radius 3 is 2.84 bits per heavy atom. The summed E-state index contributed by atoms with van der Waals surface area (Å²) >= 11 is 0. The van der Waals surface area contributed by atoms with Crippen molar-refractivity contribution in [3.63, 3.8) is 0 Å². The number of ether oxygens (including phenoxy) is 1. The van der Waals surface area contributed by atoms with Crippen LogP contribution in [-0.4, -0.2) is 25.8 Å². The molecule has 0 heterocycles. The molecule has 1 N–H and O–H groups in total. The van der Waals surface area contributed by atoms with Crippen molar-refractivity contribution < 1.29 is 9.13 Å². The molecule has 1 rings (SSSR count). The van der Waals surface area contributed by atoms with Crippen molar-refractivity contribution in [1.29, 1.82) is 0 Å². The van der Waals surface area contributed by atoms with Crippen molar-refractivity contribution in [3.8, 4) is 0 Å². The fraction of sp³-hybridized carbons (Fsp3) is 0.625. The summed E-state index contributed by atoms with van der Waals surface area (Å²) in [6, 6.07) is 7.30. The van der Waals surface area contributed by atoms with Crippen LogP contribution in [0.25, 0.3) is 0 Å². The Morgan fingerprint density at radius 1 is 1.32 bits per heavy atom. The van der Waals surface area contributed by atoms with Crippen molar-refractivity contribution in [3.05, 3.63) is 35.6 Å². The number of hydrogen-bond donors (Lipinski definition) is 1. The molecule has 1 aromatic rings. The van der Waals surface area contributed by atoms with Crippen LogP contribution >= 0.6 is 0 Å². The van der Waals surface area contributed by atoms with Crippen LogP contribution in [0.3, 0.4) is 0 Å². The normalized spacial score (nSPS) is 12.6. The van der Waals surface area contributed by atoms with Gasteiger partial charge < -0.3 is 10.1 Å². The fourth-order valence-corrected chi connectivity index (χ4v) is 2.15. The molecule has 2 nitrogen and oxygen atoms in total. The predicted molar refractivity (Wildman–Crippen MR) is 77.9 cm³/mol. The highest BCUT2D eigenvalue weighted by molar-refractivity contribution is 5.17. The van der Waals surface area contributed by atoms with Gasteiger partial charge in [-0.25, -0.2) is 4.39 Å². The zero-order valence-corrected chi connectivity index (χ0v) is 12.1. The minimum absolute atomic E-state index is 0.152. The van der Waals surface area contributed by atoms with Gasteiger partial charge in [0.15, 0.2) is 0 Å². The number of nitrogens with one attached hydrogen (secondary N) is 1. The van der Waals surface area contributed by atoms with Gasteiger partial charge in [0.05, 0.1) is 0 Å². The van der Waals surface area contributed by atoms with Gasteiger partial charge in [0.1, 0.15) is 5.82 Å². The summed E-state index contributed by atoms with van der Waals surface area (Å²) in [4.78, 5) is 0. The zero-order valence-electron chi connectivity index (χ0n) is 12.1. The summed E-state index contributed by atoms with van der Waals surface area (Å²) < 4.78 is 18.6. The Balaban J connectivity index is 2.43. The lowest BCUT2D eigenvalue weighted by Gasteiger charge is -2.18. The molecule has 0 aliphatic heterocycles. The lowest BCUT2D eigenvalue weighted by Crippen LogP contribution is -2.32. The van der Waals surface area contributed by atoms with Gasteiger partial charge in [0, 0.05) is 19.3 Å². The standard InChI is InChI=1S/C16H26FNO/c1-3-10-18-16(9-6-11-19-4-2)13-14-7-5-8-15(17)12-14/h5,7-8,12,16,18H,3-4,6,9-11,13H2,1-2H3. The van der Waals surface area contributed by atoms with E-state index in [4.69, 9.17) is 4.74 Å². The van der Waals surface area contributed by atoms with Crippen LogP contribution in [0, 0.1) is 5.82 Å². The van der Waals surface area contributed by atoms with Gasteiger partial charge >= 0.3 is 0 Å². The van der Waals surface area contributed by atoms with Crippen LogP contribution < -0.4 is 5.32 Å². The smallest absolute Gasteiger partial charge is 0.123 e. The van der Waals surface area contributed by atoms with E-state index in [1.54, 1.807) is 12.1 Å². The molecule has 1 unspecified atom stereocenters. The highest BCUT2D eigenvalue weighted by Crippen LogP contribution is 2.10. The molecule has 1 aromatic carbocycles. The molecule has 3 heteroatoms. The Labute approximate surface area is 116 Å². The van der Waals surface area contributed by atoms with E-state index in [9.17, 15) is 4.39 Å². The van der Waals surface area contributed by atoms with Gasteiger partial charge in [-0.1, -0.05) is 19.1 Å². The third-order valence-electron chi connectivity index (χ3n) is 3.10. The first-order chi connectivity index (χ1) is 9.26. The molecule has 0 aliphatic rings. The van der Waals surface area contributed by atoms with Crippen LogP contribution in [0.2, 0.25) is 0 Å². The van der Waals surface area contributed by atoms with Crippen LogP contribution in [0.5, 0.6) is 0 Å². The van der Waals surface area contributed by atoms with Gasteiger partial charge in [-0.15, -0.1) is 0 Å². The van der Waals surface area contributed by atoms with Crippen LogP contribution in [0.1, 0.15) is 38.7 Å². The number of benzene rings is 1. The molecule has 0 radical (unpaired) electrons. The molecule has 0 fully saturated rings. The summed E-state index contributed by atoms with van der Waals surface area (Å²) in [6.07, 6.45) is 4.11. The van der Waals surface area contributed by atoms with Gasteiger partial charge in [0.2, 0.25) is 0 Å². The first kappa shape index (κ1) is 16.1. The lowest BCUT2D eigenvalue weighted by atomic mass is 10.0. The third-order valence-corrected chi connectivity index (χ3v) is 3.10. The molecule has 0 amide bonds. The summed E-state index contributed by atoms with van der Waals surface area (Å²) in [5, 5.41) is 3.54. The summed E-state index contributed by atoms with van der Waals surface area (Å²) in [5.74, 6) is -0.152. The van der Waals surface area contributed by atoms with E-state index < -0.39 is 0 Å². The largest absolute Gasteiger partial charge is 0.382 e. The summed E-state index contributed by atoms with van der Waals surface area (Å²) in [7, 11) is 0. The average molecular weight is 267 g/mol. The van der Waals surface area contributed by atoms with E-state index in [1.165, 1.54) is 6.07 Å². The molecule has 0 aromatic heterocycles. The minimum Gasteiger partial charge on any atom is -0.382 e. The van der Waals surface area contributed by atoms with Gasteiger partial charge in [-0.3, -0.25) is 0 Å². The van der Waals surface area contributed by atoms with Crippen LogP contribution in [-0.2, 0) is 11.2 Å². The predicted octanol–water partition coefficient (Wildman–Crippen LogP) is 3.55. The maximum absolute atomic E-state index is 13.2. The quantitative estimate of drug-likeness (QED) is 0.655. The lowest BCUT2D eigenvalue weighted by molar-refractivity contribution is 0.140. The molecule has 0 saturated carbocycles. The van der Waals surface area contributed by atoms with E-state index in [1.807, 2.05) is 13.0 Å². The molecule has 0 saturated heterocycles. The van der Waals surface area contributed by atoms with E-state index in [-0.39, 0.29) is 5.82 Å². The fourth-order valence-electron chi connectivity index (χ4n) is 2.15. The second-order valence-corrected chi connectivity index (χ2v) is 4.82.